The van der Waals surface area contributed by atoms with Crippen LogP contribution >= 0.6 is 0 Å². The number of aliphatic hydroxyl groups is 1. The highest BCUT2D eigenvalue weighted by molar-refractivity contribution is 5.77. The van der Waals surface area contributed by atoms with Gasteiger partial charge in [0.25, 0.3) is 0 Å². The predicted octanol–water partition coefficient (Wildman–Crippen LogP) is 3.61. The van der Waals surface area contributed by atoms with Crippen molar-refractivity contribution in [2.24, 2.45) is 5.92 Å². The Labute approximate surface area is 164 Å². The molecular weight excluding hydrogens is 360 g/mol. The summed E-state index contributed by atoms with van der Waals surface area (Å²) in [6.07, 6.45) is -0.924. The Bertz CT molecular complexity index is 800. The van der Waals surface area contributed by atoms with Gasteiger partial charge in [-0.2, -0.15) is 0 Å². The van der Waals surface area contributed by atoms with Gasteiger partial charge in [0.2, 0.25) is 0 Å². The molecule has 0 aliphatic rings. The first-order valence-corrected chi connectivity index (χ1v) is 9.06. The average molecular weight is 386 g/mol. The number of hydrogen-bond donors (Lipinski definition) is 2. The van der Waals surface area contributed by atoms with Gasteiger partial charge < -0.3 is 19.7 Å². The van der Waals surface area contributed by atoms with E-state index >= 15 is 0 Å². The second-order valence-corrected chi connectivity index (χ2v) is 7.45. The van der Waals surface area contributed by atoms with Gasteiger partial charge in [0, 0.05) is 0 Å². The Morgan fingerprint density at radius 2 is 1.46 bits per heavy atom. The molecule has 0 aliphatic heterocycles. The fourth-order valence-electron chi connectivity index (χ4n) is 2.59. The molecule has 28 heavy (non-hydrogen) atoms. The summed E-state index contributed by atoms with van der Waals surface area (Å²) in [6, 6.07) is 14.0. The van der Waals surface area contributed by atoms with E-state index in [0.717, 1.165) is 11.1 Å². The summed E-state index contributed by atoms with van der Waals surface area (Å²) in [4.78, 5) is 23.6. The molecule has 0 spiro atoms. The molecule has 0 saturated heterocycles. The third kappa shape index (κ3) is 5.82. The molecular formula is C22H26O6. The number of ether oxygens (including phenoxy) is 2. The molecule has 6 nitrogen and oxygen atoms in total. The number of carbonyl (C=O) groups is 2. The summed E-state index contributed by atoms with van der Waals surface area (Å²) < 4.78 is 10.3. The first-order chi connectivity index (χ1) is 13.1. The van der Waals surface area contributed by atoms with Crippen LogP contribution in [0.5, 0.6) is 5.75 Å². The maximum Gasteiger partial charge on any atom is 0.344 e. The fraction of sp³-hybridized carbons (Fsp3) is 0.364. The molecule has 2 aromatic rings. The summed E-state index contributed by atoms with van der Waals surface area (Å²) in [5.74, 6) is -1.38. The van der Waals surface area contributed by atoms with Gasteiger partial charge in [-0.25, -0.2) is 4.79 Å². The van der Waals surface area contributed by atoms with E-state index < -0.39 is 30.3 Å². The summed E-state index contributed by atoms with van der Waals surface area (Å²) >= 11 is 0. The van der Waals surface area contributed by atoms with Gasteiger partial charge in [0.05, 0.1) is 5.92 Å². The molecule has 2 N–H and O–H groups in total. The Morgan fingerprint density at radius 1 is 0.964 bits per heavy atom. The number of aromatic hydroxyl groups is 1. The number of phenols is 1. The zero-order valence-electron chi connectivity index (χ0n) is 16.5. The van der Waals surface area contributed by atoms with Crippen LogP contribution in [0.1, 0.15) is 39.4 Å². The minimum Gasteiger partial charge on any atom is -0.508 e. The third-order valence-corrected chi connectivity index (χ3v) is 4.11. The zero-order valence-corrected chi connectivity index (χ0v) is 16.5. The van der Waals surface area contributed by atoms with Crippen LogP contribution < -0.4 is 0 Å². The van der Waals surface area contributed by atoms with Crippen LogP contribution in [0.4, 0.5) is 0 Å². The average Bonchev–Trinajstić information content (AvgIpc) is 2.64. The van der Waals surface area contributed by atoms with E-state index in [9.17, 15) is 19.8 Å². The summed E-state index contributed by atoms with van der Waals surface area (Å²) in [6.45, 7) is 5.92. The van der Waals surface area contributed by atoms with Gasteiger partial charge in [-0.3, -0.25) is 4.79 Å². The van der Waals surface area contributed by atoms with Crippen LogP contribution in [0, 0.1) is 5.92 Å². The van der Waals surface area contributed by atoms with Crippen molar-refractivity contribution in [1.82, 2.24) is 0 Å². The van der Waals surface area contributed by atoms with E-state index in [2.05, 4.69) is 0 Å². The lowest BCUT2D eigenvalue weighted by Crippen LogP contribution is -2.34. The van der Waals surface area contributed by atoms with Crippen molar-refractivity contribution < 1.29 is 29.3 Å². The number of hydrogen-bond acceptors (Lipinski definition) is 6. The molecule has 0 amide bonds. The van der Waals surface area contributed by atoms with Crippen molar-refractivity contribution in [1.29, 1.82) is 0 Å². The Kier molecular flexibility index (Phi) is 6.80. The van der Waals surface area contributed by atoms with Crippen LogP contribution in [0.15, 0.2) is 48.5 Å². The van der Waals surface area contributed by atoms with E-state index in [1.54, 1.807) is 64.1 Å². The molecule has 0 aliphatic carbocycles. The number of rotatable bonds is 7. The van der Waals surface area contributed by atoms with Gasteiger partial charge in [0.15, 0.2) is 12.7 Å². The van der Waals surface area contributed by atoms with Gasteiger partial charge in [-0.05, 0) is 42.7 Å². The maximum atomic E-state index is 12.1. The summed E-state index contributed by atoms with van der Waals surface area (Å²) in [7, 11) is 0. The minimum absolute atomic E-state index is 0.188. The Hall–Kier alpha value is -2.86. The normalized spacial score (nSPS) is 12.5. The molecule has 150 valence electrons. The van der Waals surface area contributed by atoms with E-state index in [0.29, 0.717) is 5.56 Å². The predicted molar refractivity (Wildman–Crippen MR) is 104 cm³/mol. The van der Waals surface area contributed by atoms with Crippen molar-refractivity contribution >= 4 is 11.9 Å². The van der Waals surface area contributed by atoms with Gasteiger partial charge >= 0.3 is 11.9 Å². The lowest BCUT2D eigenvalue weighted by Gasteiger charge is -2.29. The summed E-state index contributed by atoms with van der Waals surface area (Å²) in [5, 5.41) is 19.8. The molecule has 0 bridgehead atoms. The van der Waals surface area contributed by atoms with E-state index in [1.807, 2.05) is 12.1 Å². The molecule has 1 atom stereocenters. The van der Waals surface area contributed by atoms with Gasteiger partial charge in [0.1, 0.15) is 11.4 Å². The Balaban J connectivity index is 2.13. The third-order valence-electron chi connectivity index (χ3n) is 4.11. The van der Waals surface area contributed by atoms with Crippen LogP contribution in [0.25, 0.3) is 11.1 Å². The molecule has 0 saturated carbocycles. The SMILES string of the molecule is CC(C)C(=O)OCC(=O)OC(c1ccc(-c2ccc(O)cc2)cc1)C(C)(C)O. The molecule has 2 rings (SSSR count). The number of esters is 2. The highest BCUT2D eigenvalue weighted by Gasteiger charge is 2.32. The molecule has 0 radical (unpaired) electrons. The van der Waals surface area contributed by atoms with E-state index in [4.69, 9.17) is 9.47 Å². The lowest BCUT2D eigenvalue weighted by atomic mass is 9.93. The fourth-order valence-corrected chi connectivity index (χ4v) is 2.59. The van der Waals surface area contributed by atoms with Gasteiger partial charge in [-0.1, -0.05) is 50.2 Å². The minimum atomic E-state index is -1.34. The highest BCUT2D eigenvalue weighted by atomic mass is 16.6. The zero-order chi connectivity index (χ0) is 20.9. The monoisotopic (exact) mass is 386 g/mol. The smallest absolute Gasteiger partial charge is 0.344 e. The van der Waals surface area contributed by atoms with Crippen LogP contribution in [0.2, 0.25) is 0 Å². The number of carbonyl (C=O) groups excluding carboxylic acids is 2. The van der Waals surface area contributed by atoms with Crippen molar-refractivity contribution in [3.63, 3.8) is 0 Å². The largest absolute Gasteiger partial charge is 0.508 e. The first-order valence-electron chi connectivity index (χ1n) is 9.06. The van der Waals surface area contributed by atoms with Crippen LogP contribution in [-0.2, 0) is 19.1 Å². The molecule has 0 fully saturated rings. The lowest BCUT2D eigenvalue weighted by molar-refractivity contribution is -0.173. The number of benzene rings is 2. The molecule has 0 aromatic heterocycles. The quantitative estimate of drug-likeness (QED) is 0.706. The topological polar surface area (TPSA) is 93.1 Å². The first kappa shape index (κ1) is 21.4. The molecule has 2 aromatic carbocycles. The second-order valence-electron chi connectivity index (χ2n) is 7.45. The van der Waals surface area contributed by atoms with Crippen LogP contribution in [-0.4, -0.2) is 34.4 Å². The molecule has 0 heterocycles. The van der Waals surface area contributed by atoms with Crippen LogP contribution in [0.3, 0.4) is 0 Å². The summed E-state index contributed by atoms with van der Waals surface area (Å²) in [5.41, 5.74) is 1.10. The Morgan fingerprint density at radius 3 is 1.93 bits per heavy atom. The highest BCUT2D eigenvalue weighted by Crippen LogP contribution is 2.31. The van der Waals surface area contributed by atoms with Crippen molar-refractivity contribution in [3.8, 4) is 16.9 Å². The van der Waals surface area contributed by atoms with E-state index in [1.165, 1.54) is 0 Å². The maximum absolute atomic E-state index is 12.1. The molecule has 6 heteroatoms. The van der Waals surface area contributed by atoms with Crippen molar-refractivity contribution in [2.45, 2.75) is 39.4 Å². The second kappa shape index (κ2) is 8.89. The standard InChI is InChI=1S/C22H26O6/c1-14(2)21(25)27-13-19(24)28-20(22(3,4)26)17-7-5-15(6-8-17)16-9-11-18(23)12-10-16/h5-12,14,20,23,26H,13H2,1-4H3. The van der Waals surface area contributed by atoms with Crippen molar-refractivity contribution in [2.75, 3.05) is 6.61 Å². The van der Waals surface area contributed by atoms with E-state index in [-0.39, 0.29) is 11.7 Å². The van der Waals surface area contributed by atoms with Crippen molar-refractivity contribution in [3.05, 3.63) is 54.1 Å². The number of phenolic OH excluding ortho intramolecular Hbond substituents is 1. The van der Waals surface area contributed by atoms with Gasteiger partial charge in [-0.15, -0.1) is 0 Å². The molecule has 1 unspecified atom stereocenters.